The first-order chi connectivity index (χ1) is 14.0. The number of benzene rings is 1. The molecular weight excluding hydrogens is 376 g/mol. The molecule has 2 N–H and O–H groups in total. The second kappa shape index (κ2) is 7.74. The molecular formula is C19H20N6O4. The summed E-state index contributed by atoms with van der Waals surface area (Å²) in [5, 5.41) is 10.8. The van der Waals surface area contributed by atoms with Crippen molar-refractivity contribution in [1.82, 2.24) is 20.1 Å². The molecule has 0 unspecified atom stereocenters. The average Bonchev–Trinajstić information content (AvgIpc) is 3.37. The number of aliphatic imine (C=N–C) groups is 1. The van der Waals surface area contributed by atoms with E-state index in [1.807, 2.05) is 13.8 Å². The zero-order chi connectivity index (χ0) is 20.4. The van der Waals surface area contributed by atoms with Crippen molar-refractivity contribution in [2.75, 3.05) is 25.0 Å². The molecule has 0 atom stereocenters. The van der Waals surface area contributed by atoms with Gasteiger partial charge in [0.05, 0.1) is 18.7 Å². The Morgan fingerprint density at radius 1 is 1.21 bits per heavy atom. The Labute approximate surface area is 166 Å². The van der Waals surface area contributed by atoms with Crippen LogP contribution < -0.4 is 20.1 Å². The number of nitrogens with one attached hydrogen (secondary N) is 2. The number of nitrogens with zero attached hydrogens (tertiary/aromatic N) is 4. The highest BCUT2D eigenvalue weighted by atomic mass is 16.6. The van der Waals surface area contributed by atoms with Gasteiger partial charge >= 0.3 is 11.9 Å². The summed E-state index contributed by atoms with van der Waals surface area (Å²) in [4.78, 5) is 32.8. The van der Waals surface area contributed by atoms with Crippen molar-refractivity contribution in [2.24, 2.45) is 4.99 Å². The summed E-state index contributed by atoms with van der Waals surface area (Å²) >= 11 is 0. The predicted molar refractivity (Wildman–Crippen MR) is 105 cm³/mol. The molecule has 0 fully saturated rings. The fraction of sp³-hybridized carbons (Fsp3) is 0.316. The SMILES string of the molecule is CC(C)n1ncnc1-c1c(NCC2=NCCN2)ccc2c1OC(=O)/C=C/C(=O)O2. The molecule has 1 aromatic carbocycles. The third-order valence-electron chi connectivity index (χ3n) is 4.37. The van der Waals surface area contributed by atoms with Crippen LogP contribution in [0.5, 0.6) is 11.5 Å². The molecule has 0 aliphatic carbocycles. The third-order valence-corrected chi connectivity index (χ3v) is 4.37. The fourth-order valence-electron chi connectivity index (χ4n) is 3.08. The maximum Gasteiger partial charge on any atom is 0.336 e. The minimum Gasteiger partial charge on any atom is -0.419 e. The van der Waals surface area contributed by atoms with Gasteiger partial charge in [-0.25, -0.2) is 19.3 Å². The predicted octanol–water partition coefficient (Wildman–Crippen LogP) is 1.32. The van der Waals surface area contributed by atoms with Crippen molar-refractivity contribution in [3.05, 3.63) is 30.6 Å². The van der Waals surface area contributed by atoms with Gasteiger partial charge in [0.25, 0.3) is 0 Å². The summed E-state index contributed by atoms with van der Waals surface area (Å²) in [5.74, 6) is 0.202. The summed E-state index contributed by atoms with van der Waals surface area (Å²) in [6.45, 7) is 5.91. The van der Waals surface area contributed by atoms with E-state index in [0.717, 1.165) is 31.1 Å². The fourth-order valence-corrected chi connectivity index (χ4v) is 3.08. The van der Waals surface area contributed by atoms with E-state index in [9.17, 15) is 9.59 Å². The van der Waals surface area contributed by atoms with Gasteiger partial charge < -0.3 is 20.1 Å². The lowest BCUT2D eigenvalue weighted by atomic mass is 10.1. The molecule has 10 heteroatoms. The molecule has 0 saturated carbocycles. The number of anilines is 1. The first kappa shape index (κ1) is 18.7. The molecule has 0 spiro atoms. The van der Waals surface area contributed by atoms with Crippen LogP contribution in [-0.4, -0.2) is 52.2 Å². The van der Waals surface area contributed by atoms with E-state index in [0.29, 0.717) is 23.6 Å². The molecule has 0 bridgehead atoms. The highest BCUT2D eigenvalue weighted by Crippen LogP contribution is 2.44. The van der Waals surface area contributed by atoms with Gasteiger partial charge in [-0.2, -0.15) is 5.10 Å². The quantitative estimate of drug-likeness (QED) is 0.574. The van der Waals surface area contributed by atoms with Crippen molar-refractivity contribution >= 4 is 23.5 Å². The Hall–Kier alpha value is -3.69. The molecule has 0 amide bonds. The Kier molecular flexibility index (Phi) is 4.98. The summed E-state index contributed by atoms with van der Waals surface area (Å²) < 4.78 is 12.6. The first-order valence-corrected chi connectivity index (χ1v) is 9.22. The van der Waals surface area contributed by atoms with Gasteiger partial charge in [0.15, 0.2) is 17.3 Å². The van der Waals surface area contributed by atoms with Crippen molar-refractivity contribution in [1.29, 1.82) is 0 Å². The first-order valence-electron chi connectivity index (χ1n) is 9.22. The van der Waals surface area contributed by atoms with Gasteiger partial charge in [-0.15, -0.1) is 0 Å². The van der Waals surface area contributed by atoms with Crippen molar-refractivity contribution in [3.63, 3.8) is 0 Å². The number of hydrogen-bond donors (Lipinski definition) is 2. The monoisotopic (exact) mass is 396 g/mol. The molecule has 3 heterocycles. The third kappa shape index (κ3) is 3.82. The number of ether oxygens (including phenoxy) is 2. The van der Waals surface area contributed by atoms with Crippen LogP contribution in [-0.2, 0) is 9.59 Å². The van der Waals surface area contributed by atoms with Crippen LogP contribution in [0.1, 0.15) is 19.9 Å². The molecule has 0 saturated heterocycles. The van der Waals surface area contributed by atoms with Gasteiger partial charge in [0.1, 0.15) is 12.2 Å². The van der Waals surface area contributed by atoms with Gasteiger partial charge in [0, 0.05) is 30.4 Å². The van der Waals surface area contributed by atoms with Gasteiger partial charge in [0.2, 0.25) is 0 Å². The van der Waals surface area contributed by atoms with Gasteiger partial charge in [-0.05, 0) is 26.0 Å². The normalized spacial score (nSPS) is 16.9. The Morgan fingerprint density at radius 3 is 2.72 bits per heavy atom. The number of amidine groups is 1. The van der Waals surface area contributed by atoms with Crippen LogP contribution in [0.3, 0.4) is 0 Å². The average molecular weight is 396 g/mol. The number of carbonyl (C=O) groups excluding carboxylic acids is 2. The zero-order valence-corrected chi connectivity index (χ0v) is 16.0. The van der Waals surface area contributed by atoms with E-state index in [-0.39, 0.29) is 17.5 Å². The number of aromatic nitrogens is 3. The summed E-state index contributed by atoms with van der Waals surface area (Å²) in [5.41, 5.74) is 1.12. The number of esters is 2. The standard InChI is InChI=1S/C19H20N6O4/c1-11(2)25-19(23-10-24-25)17-12(22-9-14-20-7-8-21-14)3-4-13-18(17)29-16(27)6-5-15(26)28-13/h3-6,10-11,22H,7-9H2,1-2H3,(H,20,21)/b6-5+. The van der Waals surface area contributed by atoms with Crippen molar-refractivity contribution < 1.29 is 19.1 Å². The maximum absolute atomic E-state index is 12.2. The Balaban J connectivity index is 1.84. The van der Waals surface area contributed by atoms with E-state index in [4.69, 9.17) is 9.47 Å². The number of carbonyl (C=O) groups is 2. The maximum atomic E-state index is 12.2. The largest absolute Gasteiger partial charge is 0.419 e. The van der Waals surface area contributed by atoms with Crippen LogP contribution >= 0.6 is 0 Å². The van der Waals surface area contributed by atoms with E-state index < -0.39 is 11.9 Å². The van der Waals surface area contributed by atoms with Crippen LogP contribution in [0.15, 0.2) is 35.6 Å². The lowest BCUT2D eigenvalue weighted by molar-refractivity contribution is -0.133. The zero-order valence-electron chi connectivity index (χ0n) is 16.0. The Morgan fingerprint density at radius 2 is 2.00 bits per heavy atom. The smallest absolute Gasteiger partial charge is 0.336 e. The molecule has 0 radical (unpaired) electrons. The highest BCUT2D eigenvalue weighted by molar-refractivity contribution is 5.98. The number of rotatable bonds is 5. The molecule has 2 aliphatic heterocycles. The molecule has 2 aromatic rings. The Bertz CT molecular complexity index is 1020. The van der Waals surface area contributed by atoms with Crippen molar-refractivity contribution in [3.8, 4) is 22.9 Å². The molecule has 29 heavy (non-hydrogen) atoms. The second-order valence-electron chi connectivity index (χ2n) is 6.72. The van der Waals surface area contributed by atoms with Crippen LogP contribution in [0.4, 0.5) is 5.69 Å². The summed E-state index contributed by atoms with van der Waals surface area (Å²) in [7, 11) is 0. The lowest BCUT2D eigenvalue weighted by Crippen LogP contribution is -2.26. The topological polar surface area (TPSA) is 120 Å². The van der Waals surface area contributed by atoms with Gasteiger partial charge in [-0.1, -0.05) is 0 Å². The van der Waals surface area contributed by atoms with Crippen molar-refractivity contribution in [2.45, 2.75) is 19.9 Å². The minimum absolute atomic E-state index is 0.00350. The molecule has 10 nitrogen and oxygen atoms in total. The molecule has 2 aliphatic rings. The highest BCUT2D eigenvalue weighted by Gasteiger charge is 2.26. The number of fused-ring (bicyclic) bond motifs is 1. The van der Waals surface area contributed by atoms with E-state index in [1.54, 1.807) is 16.8 Å². The van der Waals surface area contributed by atoms with Gasteiger partial charge in [-0.3, -0.25) is 4.99 Å². The molecule has 150 valence electrons. The second-order valence-corrected chi connectivity index (χ2v) is 6.72. The summed E-state index contributed by atoms with van der Waals surface area (Å²) in [6, 6.07) is 3.32. The summed E-state index contributed by atoms with van der Waals surface area (Å²) in [6.07, 6.45) is 3.48. The van der Waals surface area contributed by atoms with Crippen LogP contribution in [0, 0.1) is 0 Å². The van der Waals surface area contributed by atoms with E-state index >= 15 is 0 Å². The van der Waals surface area contributed by atoms with Crippen LogP contribution in [0.25, 0.3) is 11.4 Å². The minimum atomic E-state index is -0.682. The molecule has 4 rings (SSSR count). The lowest BCUT2D eigenvalue weighted by Gasteiger charge is -2.20. The van der Waals surface area contributed by atoms with E-state index in [1.165, 1.54) is 6.33 Å². The van der Waals surface area contributed by atoms with E-state index in [2.05, 4.69) is 25.7 Å². The number of hydrogen-bond acceptors (Lipinski definition) is 9. The van der Waals surface area contributed by atoms with Crippen LogP contribution in [0.2, 0.25) is 0 Å². The molecule has 1 aromatic heterocycles.